The van der Waals surface area contributed by atoms with Gasteiger partial charge in [0.2, 0.25) is 0 Å². The maximum Gasteiger partial charge on any atom is 0.0372 e. The van der Waals surface area contributed by atoms with Gasteiger partial charge in [0.05, 0.1) is 0 Å². The van der Waals surface area contributed by atoms with E-state index in [-0.39, 0.29) is 0 Å². The number of para-hydroxylation sites is 1. The molecule has 1 nitrogen and oxygen atoms in total. The minimum atomic E-state index is 0.449. The molecule has 0 aliphatic heterocycles. The van der Waals surface area contributed by atoms with Crippen molar-refractivity contribution in [3.63, 3.8) is 0 Å². The summed E-state index contributed by atoms with van der Waals surface area (Å²) in [5.41, 5.74) is 3.22. The van der Waals surface area contributed by atoms with Gasteiger partial charge >= 0.3 is 0 Å². The molecule has 0 heterocycles. The summed E-state index contributed by atoms with van der Waals surface area (Å²) in [5.74, 6) is 0. The van der Waals surface area contributed by atoms with E-state index < -0.39 is 0 Å². The predicted molar refractivity (Wildman–Crippen MR) is 77.6 cm³/mol. The lowest BCUT2D eigenvalue weighted by Crippen LogP contribution is -2.10. The first-order valence-electron chi connectivity index (χ1n) is 6.85. The van der Waals surface area contributed by atoms with E-state index >= 15 is 0 Å². The van der Waals surface area contributed by atoms with Crippen molar-refractivity contribution in [1.82, 2.24) is 0 Å². The van der Waals surface area contributed by atoms with Crippen LogP contribution in [0.3, 0.4) is 0 Å². The monoisotopic (exact) mass is 233 g/mol. The zero-order valence-electron chi connectivity index (χ0n) is 11.8. The second kappa shape index (κ2) is 6.68. The van der Waals surface area contributed by atoms with Crippen LogP contribution < -0.4 is 5.32 Å². The highest BCUT2D eigenvalue weighted by molar-refractivity contribution is 5.51. The van der Waals surface area contributed by atoms with Gasteiger partial charge in [-0.3, -0.25) is 0 Å². The molecule has 0 spiro atoms. The number of nitrogens with one attached hydrogen (secondary N) is 1. The molecule has 0 saturated heterocycles. The summed E-state index contributed by atoms with van der Waals surface area (Å²) in [6.07, 6.45) is 4.89. The van der Waals surface area contributed by atoms with Crippen molar-refractivity contribution in [2.75, 3.05) is 11.9 Å². The predicted octanol–water partition coefficient (Wildman–Crippen LogP) is 4.88. The van der Waals surface area contributed by atoms with Gasteiger partial charge < -0.3 is 5.32 Å². The van der Waals surface area contributed by atoms with Crippen molar-refractivity contribution in [2.45, 2.75) is 53.4 Å². The first kappa shape index (κ1) is 14.1. The molecule has 0 fully saturated rings. The maximum absolute atomic E-state index is 3.57. The van der Waals surface area contributed by atoms with Crippen LogP contribution in [-0.2, 0) is 6.42 Å². The second-order valence-electron chi connectivity index (χ2n) is 6.00. The maximum atomic E-state index is 3.57. The van der Waals surface area contributed by atoms with Crippen LogP contribution in [-0.4, -0.2) is 6.54 Å². The Bertz CT molecular complexity index is 323. The molecule has 1 rings (SSSR count). The molecule has 17 heavy (non-hydrogen) atoms. The van der Waals surface area contributed by atoms with Crippen molar-refractivity contribution in [1.29, 1.82) is 0 Å². The van der Waals surface area contributed by atoms with E-state index in [9.17, 15) is 0 Å². The molecular formula is C16H27N. The third-order valence-corrected chi connectivity index (χ3v) is 2.96. The highest BCUT2D eigenvalue weighted by Gasteiger charge is 2.09. The van der Waals surface area contributed by atoms with Gasteiger partial charge in [0.25, 0.3) is 0 Å². The Labute approximate surface area is 107 Å². The normalized spacial score (nSPS) is 11.5. The number of hydrogen-bond acceptors (Lipinski definition) is 1. The molecule has 0 atom stereocenters. The SMILES string of the molecule is CCCc1ccccc1NCCCC(C)(C)C. The molecule has 1 aromatic carbocycles. The summed E-state index contributed by atoms with van der Waals surface area (Å²) in [5, 5.41) is 3.57. The molecule has 0 aliphatic rings. The van der Waals surface area contributed by atoms with E-state index in [1.54, 1.807) is 0 Å². The highest BCUT2D eigenvalue weighted by Crippen LogP contribution is 2.21. The van der Waals surface area contributed by atoms with Crippen LogP contribution in [0.15, 0.2) is 24.3 Å². The first-order chi connectivity index (χ1) is 8.03. The Hall–Kier alpha value is -0.980. The quantitative estimate of drug-likeness (QED) is 0.691. The molecule has 0 bridgehead atoms. The van der Waals surface area contributed by atoms with Gasteiger partial charge in [0, 0.05) is 12.2 Å². The van der Waals surface area contributed by atoms with Crippen LogP contribution in [0.25, 0.3) is 0 Å². The van der Waals surface area contributed by atoms with Crippen molar-refractivity contribution in [3.8, 4) is 0 Å². The number of benzene rings is 1. The van der Waals surface area contributed by atoms with Crippen molar-refractivity contribution in [2.24, 2.45) is 5.41 Å². The van der Waals surface area contributed by atoms with Gasteiger partial charge in [-0.2, -0.15) is 0 Å². The van der Waals surface area contributed by atoms with Crippen molar-refractivity contribution < 1.29 is 0 Å². The van der Waals surface area contributed by atoms with Crippen LogP contribution >= 0.6 is 0 Å². The molecule has 0 amide bonds. The Morgan fingerprint density at radius 3 is 2.47 bits per heavy atom. The summed E-state index contributed by atoms with van der Waals surface area (Å²) >= 11 is 0. The Morgan fingerprint density at radius 1 is 1.12 bits per heavy atom. The van der Waals surface area contributed by atoms with Gasteiger partial charge in [-0.05, 0) is 36.3 Å². The lowest BCUT2D eigenvalue weighted by molar-refractivity contribution is 0.370. The van der Waals surface area contributed by atoms with Crippen molar-refractivity contribution in [3.05, 3.63) is 29.8 Å². The van der Waals surface area contributed by atoms with E-state index in [0.717, 1.165) is 6.54 Å². The fourth-order valence-electron chi connectivity index (χ4n) is 2.02. The van der Waals surface area contributed by atoms with Crippen LogP contribution in [0, 0.1) is 5.41 Å². The van der Waals surface area contributed by atoms with Crippen LogP contribution in [0.5, 0.6) is 0 Å². The standard InChI is InChI=1S/C16H27N/c1-5-9-14-10-6-7-11-15(14)17-13-8-12-16(2,3)4/h6-7,10-11,17H,5,8-9,12-13H2,1-4H3. The zero-order valence-corrected chi connectivity index (χ0v) is 11.8. The molecule has 0 saturated carbocycles. The highest BCUT2D eigenvalue weighted by atomic mass is 14.9. The smallest absolute Gasteiger partial charge is 0.0372 e. The summed E-state index contributed by atoms with van der Waals surface area (Å²) in [6, 6.07) is 8.67. The Morgan fingerprint density at radius 2 is 1.82 bits per heavy atom. The molecule has 1 N–H and O–H groups in total. The molecule has 96 valence electrons. The largest absolute Gasteiger partial charge is 0.385 e. The van der Waals surface area contributed by atoms with E-state index in [1.165, 1.54) is 36.9 Å². The molecule has 1 heteroatoms. The van der Waals surface area contributed by atoms with Gasteiger partial charge in [-0.25, -0.2) is 0 Å². The third-order valence-electron chi connectivity index (χ3n) is 2.96. The van der Waals surface area contributed by atoms with E-state index in [1.807, 2.05) is 0 Å². The molecule has 0 radical (unpaired) electrons. The summed E-state index contributed by atoms with van der Waals surface area (Å²) in [6.45, 7) is 10.2. The summed E-state index contributed by atoms with van der Waals surface area (Å²) in [7, 11) is 0. The van der Waals surface area contributed by atoms with E-state index in [4.69, 9.17) is 0 Å². The van der Waals surface area contributed by atoms with Gasteiger partial charge in [-0.1, -0.05) is 52.3 Å². The molecule has 0 aliphatic carbocycles. The van der Waals surface area contributed by atoms with Gasteiger partial charge in [0.15, 0.2) is 0 Å². The topological polar surface area (TPSA) is 12.0 Å². The van der Waals surface area contributed by atoms with Crippen molar-refractivity contribution >= 4 is 5.69 Å². The van der Waals surface area contributed by atoms with Crippen LogP contribution in [0.2, 0.25) is 0 Å². The lowest BCUT2D eigenvalue weighted by atomic mass is 9.90. The average molecular weight is 233 g/mol. The van der Waals surface area contributed by atoms with Crippen LogP contribution in [0.1, 0.15) is 52.5 Å². The van der Waals surface area contributed by atoms with Gasteiger partial charge in [0.1, 0.15) is 0 Å². The molecule has 1 aromatic rings. The minimum Gasteiger partial charge on any atom is -0.385 e. The number of aryl methyl sites for hydroxylation is 1. The minimum absolute atomic E-state index is 0.449. The first-order valence-corrected chi connectivity index (χ1v) is 6.85. The number of hydrogen-bond donors (Lipinski definition) is 1. The third kappa shape index (κ3) is 5.76. The number of rotatable bonds is 6. The second-order valence-corrected chi connectivity index (χ2v) is 6.00. The number of anilines is 1. The van der Waals surface area contributed by atoms with E-state index in [2.05, 4.69) is 57.3 Å². The fourth-order valence-corrected chi connectivity index (χ4v) is 2.02. The lowest BCUT2D eigenvalue weighted by Gasteiger charge is -2.18. The summed E-state index contributed by atoms with van der Waals surface area (Å²) in [4.78, 5) is 0. The summed E-state index contributed by atoms with van der Waals surface area (Å²) < 4.78 is 0. The fraction of sp³-hybridized carbons (Fsp3) is 0.625. The van der Waals surface area contributed by atoms with Gasteiger partial charge in [-0.15, -0.1) is 0 Å². The zero-order chi connectivity index (χ0) is 12.7. The molecule has 0 aromatic heterocycles. The Kier molecular flexibility index (Phi) is 5.54. The molecular weight excluding hydrogens is 206 g/mol. The Balaban J connectivity index is 2.41. The van der Waals surface area contributed by atoms with E-state index in [0.29, 0.717) is 5.41 Å². The average Bonchev–Trinajstić information content (AvgIpc) is 2.25. The van der Waals surface area contributed by atoms with Crippen LogP contribution in [0.4, 0.5) is 5.69 Å². The molecule has 0 unspecified atom stereocenters.